The molecule has 2 aromatic carbocycles. The van der Waals surface area contributed by atoms with Crippen LogP contribution in [0.3, 0.4) is 0 Å². The Morgan fingerprint density at radius 1 is 1.06 bits per heavy atom. The lowest BCUT2D eigenvalue weighted by Gasteiger charge is -2.16. The Morgan fingerprint density at radius 3 is 2.35 bits per heavy atom. The smallest absolute Gasteiger partial charge is 0.276 e. The highest BCUT2D eigenvalue weighted by atomic mass is 16.5. The highest BCUT2D eigenvalue weighted by molar-refractivity contribution is 6.11. The van der Waals surface area contributed by atoms with Gasteiger partial charge in [0.2, 0.25) is 5.91 Å². The number of aryl methyl sites for hydroxylation is 1. The molecular formula is C22H24N4O5. The average Bonchev–Trinajstić information content (AvgIpc) is 2.76. The third-order valence-electron chi connectivity index (χ3n) is 4.80. The monoisotopic (exact) mass is 424 g/mol. The summed E-state index contributed by atoms with van der Waals surface area (Å²) in [7, 11) is 4.53. The maximum absolute atomic E-state index is 13.1. The molecule has 0 bridgehead atoms. The van der Waals surface area contributed by atoms with Crippen molar-refractivity contribution >= 4 is 28.3 Å². The first-order valence-corrected chi connectivity index (χ1v) is 9.62. The molecule has 0 atom stereocenters. The van der Waals surface area contributed by atoms with Crippen LogP contribution in [-0.4, -0.2) is 42.4 Å². The maximum atomic E-state index is 13.1. The fraction of sp³-hybridized carbons (Fsp3) is 0.273. The van der Waals surface area contributed by atoms with Gasteiger partial charge in [-0.3, -0.25) is 14.4 Å². The highest BCUT2D eigenvalue weighted by Crippen LogP contribution is 2.34. The Balaban J connectivity index is 2.02. The zero-order chi connectivity index (χ0) is 22.5. The number of ether oxygens (including phenoxy) is 2. The number of nitrogens with zero attached hydrogens (tertiary/aromatic N) is 2. The van der Waals surface area contributed by atoms with Crippen molar-refractivity contribution in [2.45, 2.75) is 13.3 Å². The predicted molar refractivity (Wildman–Crippen MR) is 117 cm³/mol. The standard InChI is InChI=1S/C22H24N4O5/c1-13(27)23-10-9-14-11-18(30-3)19(31-4)12-17(14)24-21(28)20-15-7-5-6-8-16(15)22(29)26(2)25-20/h5-8,11-12H,9-10H2,1-4H3,(H,23,27)(H,24,28). The molecule has 0 unspecified atom stereocenters. The van der Waals surface area contributed by atoms with E-state index < -0.39 is 5.91 Å². The molecule has 1 heterocycles. The fourth-order valence-corrected chi connectivity index (χ4v) is 3.27. The first-order chi connectivity index (χ1) is 14.8. The molecular weight excluding hydrogens is 400 g/mol. The van der Waals surface area contributed by atoms with Crippen LogP contribution < -0.4 is 25.7 Å². The maximum Gasteiger partial charge on any atom is 0.276 e. The number of carbonyl (C=O) groups excluding carboxylic acids is 2. The summed E-state index contributed by atoms with van der Waals surface area (Å²) >= 11 is 0. The van der Waals surface area contributed by atoms with E-state index >= 15 is 0 Å². The molecule has 0 aliphatic rings. The molecule has 0 spiro atoms. The van der Waals surface area contributed by atoms with Crippen molar-refractivity contribution < 1.29 is 19.1 Å². The van der Waals surface area contributed by atoms with E-state index in [4.69, 9.17) is 9.47 Å². The summed E-state index contributed by atoms with van der Waals surface area (Å²) in [5.74, 6) is 0.329. The molecule has 9 nitrogen and oxygen atoms in total. The van der Waals surface area contributed by atoms with Crippen LogP contribution in [0.5, 0.6) is 11.5 Å². The Labute approximate surface area is 179 Å². The van der Waals surface area contributed by atoms with Crippen LogP contribution in [0, 0.1) is 0 Å². The largest absolute Gasteiger partial charge is 0.493 e. The van der Waals surface area contributed by atoms with E-state index in [0.717, 1.165) is 10.2 Å². The van der Waals surface area contributed by atoms with Gasteiger partial charge in [-0.15, -0.1) is 0 Å². The van der Waals surface area contributed by atoms with Gasteiger partial charge in [0.25, 0.3) is 11.5 Å². The lowest BCUT2D eigenvalue weighted by molar-refractivity contribution is -0.118. The minimum atomic E-state index is -0.472. The van der Waals surface area contributed by atoms with Gasteiger partial charge >= 0.3 is 0 Å². The number of nitrogens with one attached hydrogen (secondary N) is 2. The van der Waals surface area contributed by atoms with Crippen molar-refractivity contribution in [2.75, 3.05) is 26.1 Å². The zero-order valence-electron chi connectivity index (χ0n) is 17.8. The molecule has 31 heavy (non-hydrogen) atoms. The number of hydrogen-bond acceptors (Lipinski definition) is 6. The molecule has 0 radical (unpaired) electrons. The van der Waals surface area contributed by atoms with Crippen molar-refractivity contribution in [2.24, 2.45) is 7.05 Å². The molecule has 0 aliphatic carbocycles. The van der Waals surface area contributed by atoms with Crippen molar-refractivity contribution in [3.8, 4) is 11.5 Å². The van der Waals surface area contributed by atoms with Gasteiger partial charge in [-0.1, -0.05) is 18.2 Å². The number of anilines is 1. The Morgan fingerprint density at radius 2 is 1.71 bits per heavy atom. The summed E-state index contributed by atoms with van der Waals surface area (Å²) in [6.45, 7) is 1.82. The normalized spacial score (nSPS) is 10.6. The lowest BCUT2D eigenvalue weighted by Crippen LogP contribution is -2.26. The summed E-state index contributed by atoms with van der Waals surface area (Å²) in [6.07, 6.45) is 0.455. The van der Waals surface area contributed by atoms with Crippen molar-refractivity contribution in [3.63, 3.8) is 0 Å². The zero-order valence-corrected chi connectivity index (χ0v) is 17.8. The summed E-state index contributed by atoms with van der Waals surface area (Å²) in [4.78, 5) is 36.7. The van der Waals surface area contributed by atoms with Gasteiger partial charge in [0.05, 0.1) is 19.6 Å². The minimum Gasteiger partial charge on any atom is -0.493 e. The molecule has 0 saturated heterocycles. The number of amides is 2. The molecule has 162 valence electrons. The van der Waals surface area contributed by atoms with E-state index in [1.54, 1.807) is 36.4 Å². The van der Waals surface area contributed by atoms with Crippen LogP contribution in [0.25, 0.3) is 10.8 Å². The molecule has 3 aromatic rings. The SMILES string of the molecule is COc1cc(CCNC(C)=O)c(NC(=O)c2nn(C)c(=O)c3ccccc23)cc1OC. The van der Waals surface area contributed by atoms with Crippen LogP contribution in [-0.2, 0) is 18.3 Å². The second-order valence-electron chi connectivity index (χ2n) is 6.87. The van der Waals surface area contributed by atoms with E-state index in [1.165, 1.54) is 28.2 Å². The molecule has 9 heteroatoms. The first-order valence-electron chi connectivity index (χ1n) is 9.62. The summed E-state index contributed by atoms with van der Waals surface area (Å²) in [6, 6.07) is 10.2. The third-order valence-corrected chi connectivity index (χ3v) is 4.80. The first kappa shape index (κ1) is 21.8. The summed E-state index contributed by atoms with van der Waals surface area (Å²) in [5, 5.41) is 10.6. The van der Waals surface area contributed by atoms with Gasteiger partial charge in [-0.2, -0.15) is 5.10 Å². The van der Waals surface area contributed by atoms with Crippen LogP contribution >= 0.6 is 0 Å². The second kappa shape index (κ2) is 9.29. The Hall–Kier alpha value is -3.88. The van der Waals surface area contributed by atoms with Gasteiger partial charge in [0.1, 0.15) is 0 Å². The van der Waals surface area contributed by atoms with E-state index in [2.05, 4.69) is 15.7 Å². The molecule has 3 rings (SSSR count). The number of benzene rings is 2. The van der Waals surface area contributed by atoms with E-state index in [9.17, 15) is 14.4 Å². The molecule has 0 fully saturated rings. The third kappa shape index (κ3) is 4.66. The number of aromatic nitrogens is 2. The number of fused-ring (bicyclic) bond motifs is 1. The second-order valence-corrected chi connectivity index (χ2v) is 6.87. The summed E-state index contributed by atoms with van der Waals surface area (Å²) < 4.78 is 11.9. The van der Waals surface area contributed by atoms with Crippen molar-refractivity contribution in [1.82, 2.24) is 15.1 Å². The highest BCUT2D eigenvalue weighted by Gasteiger charge is 2.19. The van der Waals surface area contributed by atoms with Crippen molar-refractivity contribution in [1.29, 1.82) is 0 Å². The topological polar surface area (TPSA) is 112 Å². The van der Waals surface area contributed by atoms with Gasteiger partial charge < -0.3 is 20.1 Å². The Kier molecular flexibility index (Phi) is 6.54. The van der Waals surface area contributed by atoms with Crippen LogP contribution in [0.4, 0.5) is 5.69 Å². The number of methoxy groups -OCH3 is 2. The molecule has 1 aromatic heterocycles. The molecule has 2 N–H and O–H groups in total. The minimum absolute atomic E-state index is 0.125. The van der Waals surface area contributed by atoms with Crippen LogP contribution in [0.1, 0.15) is 23.0 Å². The fourth-order valence-electron chi connectivity index (χ4n) is 3.27. The Bertz CT molecular complexity index is 1200. The summed E-state index contributed by atoms with van der Waals surface area (Å²) in [5.41, 5.74) is 1.08. The molecule has 0 aliphatic heterocycles. The van der Waals surface area contributed by atoms with Gasteiger partial charge in [-0.05, 0) is 24.1 Å². The molecule has 2 amide bonds. The van der Waals surface area contributed by atoms with Gasteiger partial charge in [0.15, 0.2) is 17.2 Å². The van der Waals surface area contributed by atoms with E-state index in [0.29, 0.717) is 40.9 Å². The van der Waals surface area contributed by atoms with Gasteiger partial charge in [0, 0.05) is 37.7 Å². The predicted octanol–water partition coefficient (Wildman–Crippen LogP) is 1.88. The van der Waals surface area contributed by atoms with E-state index in [-0.39, 0.29) is 17.2 Å². The molecule has 0 saturated carbocycles. The van der Waals surface area contributed by atoms with Crippen LogP contribution in [0.2, 0.25) is 0 Å². The quantitative estimate of drug-likeness (QED) is 0.599. The number of hydrogen-bond donors (Lipinski definition) is 2. The number of carbonyl (C=O) groups is 2. The number of rotatable bonds is 7. The average molecular weight is 424 g/mol. The van der Waals surface area contributed by atoms with Gasteiger partial charge in [-0.25, -0.2) is 4.68 Å². The van der Waals surface area contributed by atoms with Crippen LogP contribution in [0.15, 0.2) is 41.2 Å². The van der Waals surface area contributed by atoms with Crippen molar-refractivity contribution in [3.05, 3.63) is 58.0 Å². The lowest BCUT2D eigenvalue weighted by atomic mass is 10.1. The van der Waals surface area contributed by atoms with E-state index in [1.807, 2.05) is 0 Å².